The van der Waals surface area contributed by atoms with Gasteiger partial charge in [-0.25, -0.2) is 34.9 Å². The number of hydrogen-bond donors (Lipinski definition) is 5. The number of rotatable bonds is 6. The van der Waals surface area contributed by atoms with Gasteiger partial charge in [-0.2, -0.15) is 15.3 Å². The van der Waals surface area contributed by atoms with Crippen LogP contribution in [0.15, 0.2) is 6.08 Å². The lowest BCUT2D eigenvalue weighted by molar-refractivity contribution is 1.03. The highest BCUT2D eigenvalue weighted by atomic mass is 15.2. The van der Waals surface area contributed by atoms with Crippen LogP contribution in [0.1, 0.15) is 200 Å². The summed E-state index contributed by atoms with van der Waals surface area (Å²) in [6.45, 7) is 70.6. The molecule has 0 aliphatic carbocycles. The molecule has 514 valence electrons. The topological polar surface area (TPSA) is 247 Å². The summed E-state index contributed by atoms with van der Waals surface area (Å²) in [5, 5.41) is 21.4. The van der Waals surface area contributed by atoms with Crippen LogP contribution < -0.4 is 0 Å². The fraction of sp³-hybridized carbons (Fsp3) is 0.430. The van der Waals surface area contributed by atoms with E-state index in [9.17, 15) is 0 Å². The van der Waals surface area contributed by atoms with Gasteiger partial charge in [0, 0.05) is 51.2 Å². The molecule has 0 aromatic carbocycles. The molecule has 0 saturated heterocycles. The molecule has 0 bridgehead atoms. The molecule has 97 heavy (non-hydrogen) atoms. The number of H-pyrrole nitrogens is 5. The Bertz CT molecular complexity index is 4560. The van der Waals surface area contributed by atoms with Crippen molar-refractivity contribution in [2.24, 2.45) is 0 Å². The van der Waals surface area contributed by atoms with Crippen LogP contribution in [0.2, 0.25) is 0 Å². The number of aromatic amines is 5. The smallest absolute Gasteiger partial charge is 0.200 e. The van der Waals surface area contributed by atoms with Gasteiger partial charge in [-0.3, -0.25) is 30.2 Å². The summed E-state index contributed by atoms with van der Waals surface area (Å²) in [5.74, 6) is 4.81. The molecule has 18 nitrogen and oxygen atoms in total. The Morgan fingerprint density at radius 2 is 0.577 bits per heavy atom. The van der Waals surface area contributed by atoms with E-state index < -0.39 is 0 Å². The summed E-state index contributed by atoms with van der Waals surface area (Å²) in [5.41, 5.74) is 43.8. The molecule has 18 heteroatoms. The third kappa shape index (κ3) is 16.9. The van der Waals surface area contributed by atoms with Crippen LogP contribution in [0.25, 0.3) is 62.9 Å². The molecular formula is C79H108N18. The van der Waals surface area contributed by atoms with E-state index in [1.54, 1.807) is 0 Å². The highest BCUT2D eigenvalue weighted by molar-refractivity contribution is 5.68. The number of hydrogen-bond acceptors (Lipinski definition) is 13. The first-order chi connectivity index (χ1) is 45.2. The molecule has 11 heterocycles. The minimum atomic E-state index is 0.682. The maximum atomic E-state index is 4.70. The fourth-order valence-corrected chi connectivity index (χ4v) is 11.2. The molecular weight excluding hydrogens is 1200 g/mol. The SMILES string of the molecule is C/C=C(\C)c1nc(C)c(C)c(C)c1C.Cc1nc(-c2n[nH]c(C)c2C)c(C)c(C)c1C.Cc1nc(-c2nc(C)c(C)c(C)c2C)[nH]c1C.Cc1nc(-c2nc(C)c(C)c(C)c2C)c(C)[nH]1.Cc1nc(-c2nc(C)c(C)c(C)c2C)n[nH]1.Cc1nc(-c2nc(C)c(C)c(C)c2C)n[nH]1. The quantitative estimate of drug-likeness (QED) is 0.104. The van der Waals surface area contributed by atoms with Crippen LogP contribution >= 0.6 is 0 Å². The van der Waals surface area contributed by atoms with Gasteiger partial charge in [0.15, 0.2) is 17.5 Å². The van der Waals surface area contributed by atoms with Crippen molar-refractivity contribution in [3.8, 4) is 57.3 Å². The molecule has 0 aliphatic heterocycles. The van der Waals surface area contributed by atoms with Crippen molar-refractivity contribution >= 4 is 5.57 Å². The van der Waals surface area contributed by atoms with Gasteiger partial charge < -0.3 is 9.97 Å². The summed E-state index contributed by atoms with van der Waals surface area (Å²) < 4.78 is 0. The van der Waals surface area contributed by atoms with Gasteiger partial charge in [0.1, 0.15) is 45.9 Å². The zero-order valence-corrected chi connectivity index (χ0v) is 64.9. The average molecular weight is 1310 g/mol. The second-order valence-corrected chi connectivity index (χ2v) is 26.4. The van der Waals surface area contributed by atoms with Crippen molar-refractivity contribution < 1.29 is 0 Å². The normalized spacial score (nSPS) is 11.1. The van der Waals surface area contributed by atoms with Gasteiger partial charge in [-0.1, -0.05) is 6.08 Å². The van der Waals surface area contributed by atoms with Crippen molar-refractivity contribution in [2.75, 3.05) is 0 Å². The Morgan fingerprint density at radius 1 is 0.237 bits per heavy atom. The fourth-order valence-electron chi connectivity index (χ4n) is 11.2. The predicted octanol–water partition coefficient (Wildman–Crippen LogP) is 18.5. The Kier molecular flexibility index (Phi) is 25.0. The van der Waals surface area contributed by atoms with E-state index in [0.717, 1.165) is 137 Å². The first-order valence-electron chi connectivity index (χ1n) is 33.4. The lowest BCUT2D eigenvalue weighted by Gasteiger charge is -2.13. The zero-order valence-electron chi connectivity index (χ0n) is 64.9. The van der Waals surface area contributed by atoms with E-state index in [4.69, 9.17) is 9.97 Å². The van der Waals surface area contributed by atoms with Crippen LogP contribution in [-0.2, 0) is 0 Å². The number of aromatic nitrogens is 18. The first kappa shape index (κ1) is 76.6. The molecule has 0 unspecified atom stereocenters. The van der Waals surface area contributed by atoms with Crippen LogP contribution in [-0.4, -0.2) is 90.4 Å². The van der Waals surface area contributed by atoms with Gasteiger partial charge in [0.25, 0.3) is 0 Å². The molecule has 0 saturated carbocycles. The largest absolute Gasteiger partial charge is 0.346 e. The Morgan fingerprint density at radius 3 is 0.897 bits per heavy atom. The predicted molar refractivity (Wildman–Crippen MR) is 400 cm³/mol. The second-order valence-electron chi connectivity index (χ2n) is 26.4. The highest BCUT2D eigenvalue weighted by Crippen LogP contribution is 2.32. The van der Waals surface area contributed by atoms with Crippen LogP contribution in [0.4, 0.5) is 0 Å². The monoisotopic (exact) mass is 1310 g/mol. The minimum Gasteiger partial charge on any atom is -0.346 e. The summed E-state index contributed by atoms with van der Waals surface area (Å²) in [7, 11) is 0. The maximum absolute atomic E-state index is 4.70. The summed E-state index contributed by atoms with van der Waals surface area (Å²) >= 11 is 0. The van der Waals surface area contributed by atoms with Gasteiger partial charge in [0.2, 0.25) is 0 Å². The van der Waals surface area contributed by atoms with Crippen LogP contribution in [0.3, 0.4) is 0 Å². The van der Waals surface area contributed by atoms with Crippen molar-refractivity contribution in [3.05, 3.63) is 192 Å². The number of imidazole rings is 2. The molecule has 11 rings (SSSR count). The molecule has 0 atom stereocenters. The van der Waals surface area contributed by atoms with E-state index in [1.807, 2.05) is 69.2 Å². The molecule has 5 N–H and O–H groups in total. The summed E-state index contributed by atoms with van der Waals surface area (Å²) in [6, 6.07) is 0. The van der Waals surface area contributed by atoms with Crippen molar-refractivity contribution in [1.82, 2.24) is 90.4 Å². The lowest BCUT2D eigenvalue weighted by atomic mass is 9.99. The molecule has 0 radical (unpaired) electrons. The maximum Gasteiger partial charge on any atom is 0.200 e. The molecule has 0 aliphatic rings. The zero-order chi connectivity index (χ0) is 72.8. The number of aryl methyl sites for hydroxylation is 13. The third-order valence-corrected chi connectivity index (χ3v) is 20.3. The Balaban J connectivity index is 0.000000184. The lowest BCUT2D eigenvalue weighted by Crippen LogP contribution is -2.00. The molecule has 0 spiro atoms. The molecule has 11 aromatic rings. The minimum absolute atomic E-state index is 0.682. The number of nitrogens with zero attached hydrogens (tertiary/aromatic N) is 13. The Labute approximate surface area is 577 Å². The third-order valence-electron chi connectivity index (χ3n) is 20.3. The summed E-state index contributed by atoms with van der Waals surface area (Å²) in [4.78, 5) is 52.1. The molecule has 11 aromatic heterocycles. The van der Waals surface area contributed by atoms with E-state index in [-0.39, 0.29) is 0 Å². The van der Waals surface area contributed by atoms with E-state index >= 15 is 0 Å². The molecule has 0 fully saturated rings. The van der Waals surface area contributed by atoms with Crippen molar-refractivity contribution in [1.29, 1.82) is 0 Å². The standard InChI is InChI=1S/3C14H19N3.C13H19N.2C12H16N4/c1-7-8(2)11(5)15-13(9(7)3)14-10(4)12(6)16-17-14;1-7-8(2)10(4)16-13(9(7)3)14-11(5)15-12(6)17-14;1-7-8(2)10(4)15-13(9(7)3)14-16-11(5)12(6)17-14;1-7-8(2)13-11(5)9(3)10(4)12(6)14-13;2*1-6-7(2)9(4)13-11(8(6)3)12-14-10(5)15-16-12/h1-6H3,(H,16,17);1-6H3,(H,15,17);1-6H3,(H,16,17);7H,1-6H3;2*1-5H3,(H,14,15,16)/b;;;8-7+;;. The number of pyridine rings is 6. The van der Waals surface area contributed by atoms with Crippen LogP contribution in [0, 0.1) is 222 Å². The van der Waals surface area contributed by atoms with Crippen LogP contribution in [0.5, 0.6) is 0 Å². The second kappa shape index (κ2) is 31.6. The van der Waals surface area contributed by atoms with Gasteiger partial charge >= 0.3 is 0 Å². The number of nitrogens with one attached hydrogen (secondary N) is 5. The van der Waals surface area contributed by atoms with Crippen molar-refractivity contribution in [2.45, 2.75) is 235 Å². The van der Waals surface area contributed by atoms with E-state index in [0.29, 0.717) is 11.6 Å². The van der Waals surface area contributed by atoms with E-state index in [1.165, 1.54) is 100 Å². The summed E-state index contributed by atoms with van der Waals surface area (Å²) in [6.07, 6.45) is 2.11. The van der Waals surface area contributed by atoms with Crippen molar-refractivity contribution in [3.63, 3.8) is 0 Å². The first-order valence-corrected chi connectivity index (χ1v) is 33.4. The number of allylic oxidation sites excluding steroid dienone is 2. The van der Waals surface area contributed by atoms with E-state index in [2.05, 4.69) is 253 Å². The Hall–Kier alpha value is -9.45. The van der Waals surface area contributed by atoms with Gasteiger partial charge in [-0.15, -0.1) is 0 Å². The van der Waals surface area contributed by atoms with Gasteiger partial charge in [-0.05, 0) is 347 Å². The van der Waals surface area contributed by atoms with Gasteiger partial charge in [0.05, 0.1) is 22.8 Å². The average Bonchev–Trinajstić information content (AvgIpc) is 1.80. The molecule has 0 amide bonds. The highest BCUT2D eigenvalue weighted by Gasteiger charge is 2.20.